The largest absolute Gasteiger partial charge is 0.420 e. The molecule has 7 heteroatoms. The quantitative estimate of drug-likeness (QED) is 0.659. The van der Waals surface area contributed by atoms with Gasteiger partial charge in [0.05, 0.1) is 4.88 Å². The van der Waals surface area contributed by atoms with Crippen LogP contribution in [0.15, 0.2) is 34.7 Å². The van der Waals surface area contributed by atoms with Crippen molar-refractivity contribution in [2.45, 2.75) is 32.2 Å². The van der Waals surface area contributed by atoms with Gasteiger partial charge in [0.15, 0.2) is 11.6 Å². The number of nitrogens with zero attached hydrogens (tertiary/aromatic N) is 3. The maximum absolute atomic E-state index is 13.8. The van der Waals surface area contributed by atoms with E-state index in [1.54, 1.807) is 23.5 Å². The van der Waals surface area contributed by atoms with Crippen molar-refractivity contribution in [3.8, 4) is 10.8 Å². The predicted octanol–water partition coefficient (Wildman–Crippen LogP) is 4.76. The molecule has 0 aliphatic carbocycles. The van der Waals surface area contributed by atoms with Crippen LogP contribution < -0.4 is 0 Å². The lowest BCUT2D eigenvalue weighted by Gasteiger charge is -2.30. The number of aryl methyl sites for hydroxylation is 1. The third-order valence-electron chi connectivity index (χ3n) is 4.75. The number of likely N-dealkylation sites (tertiary alicyclic amines) is 1. The van der Waals surface area contributed by atoms with Crippen molar-refractivity contribution in [1.82, 2.24) is 15.1 Å². The second kappa shape index (κ2) is 7.25. The molecule has 0 radical (unpaired) electrons. The summed E-state index contributed by atoms with van der Waals surface area (Å²) in [4.78, 5) is 4.33. The first-order chi connectivity index (χ1) is 12.6. The molecular weight excluding hydrogens is 356 g/mol. The summed E-state index contributed by atoms with van der Waals surface area (Å²) < 4.78 is 33.0. The minimum atomic E-state index is -0.792. The Kier molecular flexibility index (Phi) is 4.82. The molecule has 1 aliphatic rings. The zero-order chi connectivity index (χ0) is 18.1. The van der Waals surface area contributed by atoms with Crippen molar-refractivity contribution in [2.24, 2.45) is 0 Å². The summed E-state index contributed by atoms with van der Waals surface area (Å²) in [5, 5.41) is 8.39. The molecular formula is C19H19F2N3OS. The van der Waals surface area contributed by atoms with Crippen molar-refractivity contribution in [1.29, 1.82) is 0 Å². The number of hydrogen-bond acceptors (Lipinski definition) is 5. The van der Waals surface area contributed by atoms with Crippen LogP contribution in [0.25, 0.3) is 10.8 Å². The lowest BCUT2D eigenvalue weighted by atomic mass is 9.96. The molecule has 0 unspecified atom stereocenters. The van der Waals surface area contributed by atoms with E-state index in [1.165, 1.54) is 4.88 Å². The van der Waals surface area contributed by atoms with Gasteiger partial charge in [-0.3, -0.25) is 4.90 Å². The smallest absolute Gasteiger partial charge is 0.257 e. The molecule has 26 heavy (non-hydrogen) atoms. The number of rotatable bonds is 4. The van der Waals surface area contributed by atoms with Crippen molar-refractivity contribution >= 4 is 11.3 Å². The molecule has 3 aromatic rings. The van der Waals surface area contributed by atoms with Gasteiger partial charge in [0, 0.05) is 22.9 Å². The van der Waals surface area contributed by atoms with Crippen molar-refractivity contribution in [2.75, 3.05) is 13.1 Å². The highest BCUT2D eigenvalue weighted by Crippen LogP contribution is 2.32. The molecule has 4 nitrogen and oxygen atoms in total. The minimum Gasteiger partial charge on any atom is -0.420 e. The molecule has 0 amide bonds. The van der Waals surface area contributed by atoms with Crippen LogP contribution >= 0.6 is 11.3 Å². The first-order valence-electron chi connectivity index (χ1n) is 8.65. The first-order valence-corrected chi connectivity index (χ1v) is 9.47. The monoisotopic (exact) mass is 375 g/mol. The van der Waals surface area contributed by atoms with Crippen LogP contribution in [-0.2, 0) is 6.54 Å². The number of thiophene rings is 1. The van der Waals surface area contributed by atoms with Gasteiger partial charge in [0.1, 0.15) is 0 Å². The SMILES string of the molecule is Cc1ccc(-c2nnc(C3CCN(Cc4cccc(F)c4F)CC3)o2)s1. The predicted molar refractivity (Wildman–Crippen MR) is 96.0 cm³/mol. The van der Waals surface area contributed by atoms with Gasteiger partial charge in [0.25, 0.3) is 5.89 Å². The van der Waals surface area contributed by atoms with Gasteiger partial charge in [-0.05, 0) is 51.1 Å². The topological polar surface area (TPSA) is 42.2 Å². The molecule has 1 fully saturated rings. The van der Waals surface area contributed by atoms with Crippen molar-refractivity contribution in [3.63, 3.8) is 0 Å². The van der Waals surface area contributed by atoms with E-state index in [9.17, 15) is 8.78 Å². The highest BCUT2D eigenvalue weighted by atomic mass is 32.1. The fourth-order valence-corrected chi connectivity index (χ4v) is 4.09. The van der Waals surface area contributed by atoms with Crippen molar-refractivity contribution < 1.29 is 13.2 Å². The van der Waals surface area contributed by atoms with Gasteiger partial charge in [0.2, 0.25) is 5.89 Å². The summed E-state index contributed by atoms with van der Waals surface area (Å²) in [6.45, 7) is 4.04. The Bertz CT molecular complexity index is 900. The maximum Gasteiger partial charge on any atom is 0.257 e. The summed E-state index contributed by atoms with van der Waals surface area (Å²) in [6.07, 6.45) is 1.73. The second-order valence-corrected chi connectivity index (χ2v) is 7.91. The van der Waals surface area contributed by atoms with E-state index < -0.39 is 11.6 Å². The lowest BCUT2D eigenvalue weighted by Crippen LogP contribution is -2.32. The fourth-order valence-electron chi connectivity index (χ4n) is 3.30. The van der Waals surface area contributed by atoms with Crippen LogP contribution in [0.4, 0.5) is 8.78 Å². The number of aromatic nitrogens is 2. The van der Waals surface area contributed by atoms with Crippen LogP contribution in [0.5, 0.6) is 0 Å². The zero-order valence-electron chi connectivity index (χ0n) is 14.4. The Morgan fingerprint density at radius 1 is 1.15 bits per heavy atom. The van der Waals surface area contributed by atoms with Crippen LogP contribution in [0, 0.1) is 18.6 Å². The summed E-state index contributed by atoms with van der Waals surface area (Å²) in [7, 11) is 0. The average molecular weight is 375 g/mol. The highest BCUT2D eigenvalue weighted by molar-refractivity contribution is 7.15. The Labute approximate surface area is 154 Å². The molecule has 0 atom stereocenters. The van der Waals surface area contributed by atoms with Gasteiger partial charge in [-0.1, -0.05) is 12.1 Å². The van der Waals surface area contributed by atoms with Crippen LogP contribution in [0.1, 0.15) is 35.1 Å². The molecule has 136 valence electrons. The van der Waals surface area contributed by atoms with E-state index in [0.29, 0.717) is 23.9 Å². The molecule has 0 spiro atoms. The van der Waals surface area contributed by atoms with Gasteiger partial charge in [-0.15, -0.1) is 21.5 Å². The van der Waals surface area contributed by atoms with E-state index in [0.717, 1.165) is 36.9 Å². The third-order valence-corrected chi connectivity index (χ3v) is 5.74. The molecule has 1 aromatic carbocycles. The average Bonchev–Trinajstić information content (AvgIpc) is 3.29. The standard InChI is InChI=1S/C19H19F2N3OS/c1-12-5-6-16(26-12)19-23-22-18(25-19)13-7-9-24(10-8-13)11-14-3-2-4-15(20)17(14)21/h2-6,13H,7-11H2,1H3. The molecule has 3 heterocycles. The van der Waals surface area contributed by atoms with Gasteiger partial charge in [-0.25, -0.2) is 8.78 Å². The Balaban J connectivity index is 1.38. The van der Waals surface area contributed by atoms with Crippen LogP contribution in [-0.4, -0.2) is 28.2 Å². The molecule has 2 aromatic heterocycles. The highest BCUT2D eigenvalue weighted by Gasteiger charge is 2.26. The van der Waals surface area contributed by atoms with Crippen LogP contribution in [0.2, 0.25) is 0 Å². The number of halogens is 2. The molecule has 1 saturated heterocycles. The molecule has 0 saturated carbocycles. The lowest BCUT2D eigenvalue weighted by molar-refractivity contribution is 0.190. The second-order valence-electron chi connectivity index (χ2n) is 6.62. The van der Waals surface area contributed by atoms with Gasteiger partial charge in [-0.2, -0.15) is 0 Å². The number of benzene rings is 1. The summed E-state index contributed by atoms with van der Waals surface area (Å²) in [5.74, 6) is -0.0853. The van der Waals surface area contributed by atoms with Crippen molar-refractivity contribution in [3.05, 3.63) is 58.3 Å². The van der Waals surface area contributed by atoms with E-state index in [4.69, 9.17) is 4.42 Å². The van der Waals surface area contributed by atoms with Gasteiger partial charge < -0.3 is 4.42 Å². The summed E-state index contributed by atoms with van der Waals surface area (Å²) in [5.41, 5.74) is 0.400. The minimum absolute atomic E-state index is 0.214. The van der Waals surface area contributed by atoms with E-state index in [1.807, 2.05) is 19.1 Å². The fraction of sp³-hybridized carbons (Fsp3) is 0.368. The molecule has 1 aliphatic heterocycles. The van der Waals surface area contributed by atoms with E-state index in [-0.39, 0.29) is 5.92 Å². The number of piperidine rings is 1. The van der Waals surface area contributed by atoms with E-state index in [2.05, 4.69) is 15.1 Å². The first kappa shape index (κ1) is 17.3. The Morgan fingerprint density at radius 3 is 2.69 bits per heavy atom. The molecule has 0 N–H and O–H groups in total. The molecule has 4 rings (SSSR count). The number of hydrogen-bond donors (Lipinski definition) is 0. The van der Waals surface area contributed by atoms with Gasteiger partial charge >= 0.3 is 0 Å². The van der Waals surface area contributed by atoms with Crippen LogP contribution in [0.3, 0.4) is 0 Å². The summed E-state index contributed by atoms with van der Waals surface area (Å²) >= 11 is 1.63. The third kappa shape index (κ3) is 3.54. The zero-order valence-corrected chi connectivity index (χ0v) is 15.2. The van der Waals surface area contributed by atoms with E-state index >= 15 is 0 Å². The molecule has 0 bridgehead atoms. The normalized spacial score (nSPS) is 16.3. The Morgan fingerprint density at radius 2 is 1.96 bits per heavy atom. The summed E-state index contributed by atoms with van der Waals surface area (Å²) in [6, 6.07) is 8.36. The maximum atomic E-state index is 13.8. The Hall–Kier alpha value is -2.12.